The first-order valence-corrected chi connectivity index (χ1v) is 9.05. The smallest absolute Gasteiger partial charge is 0.330 e. The van der Waals surface area contributed by atoms with Gasteiger partial charge in [-0.05, 0) is 19.1 Å². The van der Waals surface area contributed by atoms with Crippen LogP contribution < -0.4 is 4.74 Å². The number of carbonyl (C=O) groups is 2. The Balaban J connectivity index is 2.10. The molecule has 0 aromatic heterocycles. The van der Waals surface area contributed by atoms with Gasteiger partial charge in [-0.2, -0.15) is 0 Å². The van der Waals surface area contributed by atoms with Gasteiger partial charge in [-0.3, -0.25) is 0 Å². The van der Waals surface area contributed by atoms with Crippen LogP contribution in [0.5, 0.6) is 11.5 Å². The normalized spacial score (nSPS) is 14.4. The van der Waals surface area contributed by atoms with Crippen molar-refractivity contribution in [2.24, 2.45) is 0 Å². The van der Waals surface area contributed by atoms with Gasteiger partial charge in [0.15, 0.2) is 0 Å². The van der Waals surface area contributed by atoms with E-state index in [4.69, 9.17) is 14.6 Å². The van der Waals surface area contributed by atoms with Gasteiger partial charge in [-0.25, -0.2) is 9.59 Å². The van der Waals surface area contributed by atoms with E-state index in [1.807, 2.05) is 36.4 Å². The Kier molecular flexibility index (Phi) is 5.36. The van der Waals surface area contributed by atoms with Crippen molar-refractivity contribution in [3.63, 3.8) is 0 Å². The summed E-state index contributed by atoms with van der Waals surface area (Å²) in [4.78, 5) is 22.6. The lowest BCUT2D eigenvalue weighted by Crippen LogP contribution is -2.25. The summed E-state index contributed by atoms with van der Waals surface area (Å²) in [5, 5.41) is 8.97. The van der Waals surface area contributed by atoms with Crippen LogP contribution in [-0.2, 0) is 19.7 Å². The quantitative estimate of drug-likeness (QED) is 0.598. The Morgan fingerprint density at radius 3 is 2.04 bits per heavy atom. The summed E-state index contributed by atoms with van der Waals surface area (Å²) >= 11 is 0. The SMILES string of the molecule is CCOC(=O)/C=C/c1cccc2c1Oc1c(/C=C/C(=O)O)cccc1C2(C)C. The fraction of sp³-hybridized carbons (Fsp3) is 0.217. The maximum atomic E-state index is 11.7. The third kappa shape index (κ3) is 3.69. The minimum Gasteiger partial charge on any atom is -0.478 e. The maximum Gasteiger partial charge on any atom is 0.330 e. The van der Waals surface area contributed by atoms with E-state index in [0.717, 1.165) is 22.8 Å². The van der Waals surface area contributed by atoms with Gasteiger partial charge in [0.2, 0.25) is 0 Å². The number of fused-ring (bicyclic) bond motifs is 2. The first-order chi connectivity index (χ1) is 13.3. The Morgan fingerprint density at radius 2 is 1.54 bits per heavy atom. The van der Waals surface area contributed by atoms with Crippen LogP contribution in [0.3, 0.4) is 0 Å². The zero-order valence-corrected chi connectivity index (χ0v) is 16.1. The second-order valence-corrected chi connectivity index (χ2v) is 6.93. The molecule has 0 fully saturated rings. The molecule has 1 heterocycles. The molecule has 0 unspecified atom stereocenters. The lowest BCUT2D eigenvalue weighted by atomic mass is 9.74. The van der Waals surface area contributed by atoms with Crippen LogP contribution in [-0.4, -0.2) is 23.7 Å². The highest BCUT2D eigenvalue weighted by molar-refractivity contribution is 5.88. The number of carboxylic acids is 1. The summed E-state index contributed by atoms with van der Waals surface area (Å²) in [7, 11) is 0. The monoisotopic (exact) mass is 378 g/mol. The third-order valence-corrected chi connectivity index (χ3v) is 4.73. The lowest BCUT2D eigenvalue weighted by molar-refractivity contribution is -0.137. The van der Waals surface area contributed by atoms with E-state index in [1.54, 1.807) is 13.0 Å². The van der Waals surface area contributed by atoms with E-state index in [1.165, 1.54) is 12.2 Å². The van der Waals surface area contributed by atoms with Crippen LogP contribution in [0, 0.1) is 0 Å². The van der Waals surface area contributed by atoms with E-state index < -0.39 is 11.9 Å². The van der Waals surface area contributed by atoms with Crippen molar-refractivity contribution in [3.8, 4) is 11.5 Å². The molecule has 0 atom stereocenters. The molecule has 144 valence electrons. The second kappa shape index (κ2) is 7.72. The predicted octanol–water partition coefficient (Wildman–Crippen LogP) is 4.79. The van der Waals surface area contributed by atoms with Crippen molar-refractivity contribution in [2.75, 3.05) is 6.61 Å². The average molecular weight is 378 g/mol. The van der Waals surface area contributed by atoms with E-state index in [0.29, 0.717) is 23.7 Å². The van der Waals surface area contributed by atoms with Crippen LogP contribution in [0.15, 0.2) is 48.6 Å². The van der Waals surface area contributed by atoms with Gasteiger partial charge >= 0.3 is 11.9 Å². The van der Waals surface area contributed by atoms with E-state index >= 15 is 0 Å². The molecule has 0 saturated carbocycles. The van der Waals surface area contributed by atoms with E-state index in [9.17, 15) is 9.59 Å². The van der Waals surface area contributed by atoms with Gasteiger partial charge in [0.05, 0.1) is 6.61 Å². The van der Waals surface area contributed by atoms with Gasteiger partial charge in [0, 0.05) is 39.8 Å². The molecule has 2 aromatic rings. The largest absolute Gasteiger partial charge is 0.478 e. The topological polar surface area (TPSA) is 72.8 Å². The van der Waals surface area contributed by atoms with E-state index in [2.05, 4.69) is 13.8 Å². The summed E-state index contributed by atoms with van der Waals surface area (Å²) in [6, 6.07) is 11.5. The number of esters is 1. The molecular weight excluding hydrogens is 356 g/mol. The minimum atomic E-state index is -1.02. The van der Waals surface area contributed by atoms with Gasteiger partial charge in [0.1, 0.15) is 11.5 Å². The molecule has 0 saturated heterocycles. The van der Waals surface area contributed by atoms with E-state index in [-0.39, 0.29) is 5.41 Å². The number of para-hydroxylation sites is 2. The molecular formula is C23H22O5. The molecule has 1 aliphatic rings. The van der Waals surface area contributed by atoms with Crippen molar-refractivity contribution in [1.29, 1.82) is 0 Å². The van der Waals surface area contributed by atoms with Crippen LogP contribution in [0.1, 0.15) is 43.0 Å². The van der Waals surface area contributed by atoms with Gasteiger partial charge in [-0.1, -0.05) is 50.2 Å². The second-order valence-electron chi connectivity index (χ2n) is 6.93. The Bertz CT molecular complexity index is 982. The molecule has 0 aliphatic carbocycles. The Morgan fingerprint density at radius 1 is 1.00 bits per heavy atom. The highest BCUT2D eigenvalue weighted by Gasteiger charge is 2.35. The zero-order chi connectivity index (χ0) is 20.3. The summed E-state index contributed by atoms with van der Waals surface area (Å²) in [5.41, 5.74) is 3.04. The van der Waals surface area contributed by atoms with Crippen molar-refractivity contribution >= 4 is 24.1 Å². The molecule has 1 aliphatic heterocycles. The highest BCUT2D eigenvalue weighted by Crippen LogP contribution is 2.50. The fourth-order valence-electron chi connectivity index (χ4n) is 3.34. The van der Waals surface area contributed by atoms with Crippen LogP contribution >= 0.6 is 0 Å². The number of hydrogen-bond acceptors (Lipinski definition) is 4. The van der Waals surface area contributed by atoms with Gasteiger partial charge < -0.3 is 14.6 Å². The lowest BCUT2D eigenvalue weighted by Gasteiger charge is -2.36. The van der Waals surface area contributed by atoms with Crippen molar-refractivity contribution in [2.45, 2.75) is 26.2 Å². The number of hydrogen-bond donors (Lipinski definition) is 1. The molecule has 5 nitrogen and oxygen atoms in total. The maximum absolute atomic E-state index is 11.7. The van der Waals surface area contributed by atoms with Gasteiger partial charge in [0.25, 0.3) is 0 Å². The summed E-state index contributed by atoms with van der Waals surface area (Å²) in [6.07, 6.45) is 5.67. The highest BCUT2D eigenvalue weighted by atomic mass is 16.5. The zero-order valence-electron chi connectivity index (χ0n) is 16.1. The number of rotatable bonds is 5. The number of aliphatic carboxylic acids is 1. The summed E-state index contributed by atoms with van der Waals surface area (Å²) in [5.74, 6) is -0.169. The predicted molar refractivity (Wildman–Crippen MR) is 107 cm³/mol. The van der Waals surface area contributed by atoms with Crippen molar-refractivity contribution < 1.29 is 24.2 Å². The number of ether oxygens (including phenoxy) is 2. The van der Waals surface area contributed by atoms with Crippen molar-refractivity contribution in [3.05, 3.63) is 70.8 Å². The average Bonchev–Trinajstić information content (AvgIpc) is 2.65. The number of benzene rings is 2. The molecule has 3 rings (SSSR count). The molecule has 0 amide bonds. The van der Waals surface area contributed by atoms with Crippen molar-refractivity contribution in [1.82, 2.24) is 0 Å². The Labute approximate surface area is 163 Å². The number of carboxylic acid groups (broad SMARTS) is 1. The molecule has 5 heteroatoms. The Hall–Kier alpha value is -3.34. The number of carbonyl (C=O) groups excluding carboxylic acids is 1. The molecule has 0 bridgehead atoms. The van der Waals surface area contributed by atoms with Gasteiger partial charge in [-0.15, -0.1) is 0 Å². The van der Waals surface area contributed by atoms with Crippen LogP contribution in [0.25, 0.3) is 12.2 Å². The summed E-state index contributed by atoms with van der Waals surface area (Å²) < 4.78 is 11.2. The van der Waals surface area contributed by atoms with Crippen LogP contribution in [0.2, 0.25) is 0 Å². The molecule has 0 spiro atoms. The summed E-state index contributed by atoms with van der Waals surface area (Å²) in [6.45, 7) is 6.25. The molecule has 1 N–H and O–H groups in total. The first-order valence-electron chi connectivity index (χ1n) is 9.05. The van der Waals surface area contributed by atoms with Crippen LogP contribution in [0.4, 0.5) is 0 Å². The third-order valence-electron chi connectivity index (χ3n) is 4.73. The standard InChI is InChI=1S/C23H22O5/c1-4-27-20(26)14-12-16-8-6-10-18-22(16)28-21-15(11-13-19(24)25)7-5-9-17(21)23(18,2)3/h5-14H,4H2,1-3H3,(H,24,25)/b13-11+,14-12+. The molecule has 28 heavy (non-hydrogen) atoms. The molecule has 0 radical (unpaired) electrons. The first kappa shape index (κ1) is 19.4. The minimum absolute atomic E-state index is 0.312. The molecule has 2 aromatic carbocycles. The fourth-order valence-corrected chi connectivity index (χ4v) is 3.34.